The molecule has 1 aliphatic heterocycles. The highest BCUT2D eigenvalue weighted by Crippen LogP contribution is 2.20. The summed E-state index contributed by atoms with van der Waals surface area (Å²) in [5.74, 6) is -0.214. The molecule has 0 bridgehead atoms. The normalized spacial score (nSPS) is 24.4. The van der Waals surface area contributed by atoms with Crippen LogP contribution in [0, 0.1) is 0 Å². The van der Waals surface area contributed by atoms with Gasteiger partial charge in [0.15, 0.2) is 0 Å². The third kappa shape index (κ3) is 5.05. The number of rotatable bonds is 5. The highest BCUT2D eigenvalue weighted by Gasteiger charge is 2.24. The minimum Gasteiger partial charge on any atom is -0.373 e. The predicted molar refractivity (Wildman–Crippen MR) is 101 cm³/mol. The van der Waals surface area contributed by atoms with E-state index in [1.807, 2.05) is 26.0 Å². The fourth-order valence-electron chi connectivity index (χ4n) is 3.93. The SMILES string of the molecule is CC1CN(CC(=O)Nc2ccccc2C(=O)NC2CCCC2)CC(C)O1. The van der Waals surface area contributed by atoms with Crippen LogP contribution in [0.2, 0.25) is 0 Å². The molecule has 1 heterocycles. The molecule has 1 saturated heterocycles. The van der Waals surface area contributed by atoms with E-state index in [1.165, 1.54) is 12.8 Å². The van der Waals surface area contributed by atoms with E-state index < -0.39 is 0 Å². The van der Waals surface area contributed by atoms with E-state index in [9.17, 15) is 9.59 Å². The van der Waals surface area contributed by atoms with Crippen LogP contribution in [0.5, 0.6) is 0 Å². The highest BCUT2D eigenvalue weighted by molar-refractivity contribution is 6.04. The van der Waals surface area contributed by atoms with Crippen LogP contribution in [0.1, 0.15) is 49.9 Å². The minimum absolute atomic E-state index is 0.104. The monoisotopic (exact) mass is 359 g/mol. The standard InChI is InChI=1S/C20H29N3O3/c1-14-11-23(12-15(2)26-14)13-19(24)22-18-10-6-5-9-17(18)20(25)21-16-7-3-4-8-16/h5-6,9-10,14-16H,3-4,7-8,11-13H2,1-2H3,(H,21,25)(H,22,24). The topological polar surface area (TPSA) is 70.7 Å². The molecular weight excluding hydrogens is 330 g/mol. The summed E-state index contributed by atoms with van der Waals surface area (Å²) in [5, 5.41) is 6.00. The summed E-state index contributed by atoms with van der Waals surface area (Å²) in [7, 11) is 0. The maximum atomic E-state index is 12.6. The molecule has 3 rings (SSSR count). The summed E-state index contributed by atoms with van der Waals surface area (Å²) in [5.41, 5.74) is 1.10. The van der Waals surface area contributed by atoms with Gasteiger partial charge in [-0.25, -0.2) is 0 Å². The number of para-hydroxylation sites is 1. The number of benzene rings is 1. The number of hydrogen-bond acceptors (Lipinski definition) is 4. The first-order valence-corrected chi connectivity index (χ1v) is 9.59. The van der Waals surface area contributed by atoms with E-state index in [1.54, 1.807) is 12.1 Å². The van der Waals surface area contributed by atoms with Gasteiger partial charge < -0.3 is 15.4 Å². The van der Waals surface area contributed by atoms with Crippen LogP contribution in [-0.4, -0.2) is 54.6 Å². The van der Waals surface area contributed by atoms with Gasteiger partial charge in [-0.05, 0) is 38.8 Å². The van der Waals surface area contributed by atoms with Crippen LogP contribution in [0.25, 0.3) is 0 Å². The van der Waals surface area contributed by atoms with Gasteiger partial charge in [0.25, 0.3) is 5.91 Å². The summed E-state index contributed by atoms with van der Waals surface area (Å²) < 4.78 is 5.70. The number of ether oxygens (including phenoxy) is 1. The lowest BCUT2D eigenvalue weighted by Gasteiger charge is -2.34. The van der Waals surface area contributed by atoms with Crippen molar-refractivity contribution in [1.29, 1.82) is 0 Å². The molecule has 2 amide bonds. The summed E-state index contributed by atoms with van der Waals surface area (Å²) in [6.07, 6.45) is 4.65. The fraction of sp³-hybridized carbons (Fsp3) is 0.600. The Morgan fingerprint density at radius 2 is 1.77 bits per heavy atom. The van der Waals surface area contributed by atoms with Gasteiger partial charge in [-0.1, -0.05) is 25.0 Å². The number of nitrogens with zero attached hydrogens (tertiary/aromatic N) is 1. The maximum absolute atomic E-state index is 12.6. The molecule has 6 heteroatoms. The lowest BCUT2D eigenvalue weighted by Crippen LogP contribution is -2.48. The number of carbonyl (C=O) groups is 2. The molecule has 2 N–H and O–H groups in total. The minimum atomic E-state index is -0.110. The van der Waals surface area contributed by atoms with Crippen LogP contribution >= 0.6 is 0 Å². The maximum Gasteiger partial charge on any atom is 0.253 e. The van der Waals surface area contributed by atoms with Crippen molar-refractivity contribution < 1.29 is 14.3 Å². The quantitative estimate of drug-likeness (QED) is 0.847. The van der Waals surface area contributed by atoms with Crippen LogP contribution < -0.4 is 10.6 Å². The van der Waals surface area contributed by atoms with E-state index in [2.05, 4.69) is 15.5 Å². The first-order valence-electron chi connectivity index (χ1n) is 9.59. The zero-order valence-corrected chi connectivity index (χ0v) is 15.7. The number of morpholine rings is 1. The van der Waals surface area contributed by atoms with Gasteiger partial charge in [0.05, 0.1) is 30.0 Å². The molecule has 6 nitrogen and oxygen atoms in total. The smallest absolute Gasteiger partial charge is 0.253 e. The van der Waals surface area contributed by atoms with E-state index in [0.29, 0.717) is 17.8 Å². The van der Waals surface area contributed by atoms with Crippen LogP contribution in [0.4, 0.5) is 5.69 Å². The Morgan fingerprint density at radius 3 is 2.46 bits per heavy atom. The van der Waals surface area contributed by atoms with Crippen molar-refractivity contribution in [3.63, 3.8) is 0 Å². The number of anilines is 1. The van der Waals surface area contributed by atoms with Gasteiger partial charge in [-0.3, -0.25) is 14.5 Å². The van der Waals surface area contributed by atoms with Crippen LogP contribution in [-0.2, 0) is 9.53 Å². The van der Waals surface area contributed by atoms with Crippen molar-refractivity contribution in [2.75, 3.05) is 25.0 Å². The molecule has 2 atom stereocenters. The lowest BCUT2D eigenvalue weighted by atomic mass is 10.1. The van der Waals surface area contributed by atoms with Gasteiger partial charge >= 0.3 is 0 Å². The van der Waals surface area contributed by atoms with Crippen molar-refractivity contribution in [3.05, 3.63) is 29.8 Å². The fourth-order valence-corrected chi connectivity index (χ4v) is 3.93. The average molecular weight is 359 g/mol. The van der Waals surface area contributed by atoms with Gasteiger partial charge in [0.1, 0.15) is 0 Å². The molecule has 1 aromatic carbocycles. The highest BCUT2D eigenvalue weighted by atomic mass is 16.5. The predicted octanol–water partition coefficient (Wildman–Crippen LogP) is 2.41. The number of amides is 2. The Labute approximate surface area is 155 Å². The van der Waals surface area contributed by atoms with Crippen molar-refractivity contribution >= 4 is 17.5 Å². The molecule has 26 heavy (non-hydrogen) atoms. The average Bonchev–Trinajstić information content (AvgIpc) is 3.07. The zero-order valence-electron chi connectivity index (χ0n) is 15.7. The van der Waals surface area contributed by atoms with Crippen molar-refractivity contribution in [2.24, 2.45) is 0 Å². The molecule has 2 aliphatic rings. The molecule has 1 aromatic rings. The molecule has 0 spiro atoms. The Hall–Kier alpha value is -1.92. The molecule has 1 aliphatic carbocycles. The molecule has 0 radical (unpaired) electrons. The van der Waals surface area contributed by atoms with Crippen molar-refractivity contribution in [2.45, 2.75) is 57.8 Å². The van der Waals surface area contributed by atoms with Gasteiger partial charge in [-0.2, -0.15) is 0 Å². The Morgan fingerprint density at radius 1 is 1.12 bits per heavy atom. The van der Waals surface area contributed by atoms with Gasteiger partial charge in [0, 0.05) is 19.1 Å². The zero-order chi connectivity index (χ0) is 18.5. The number of carbonyl (C=O) groups excluding carboxylic acids is 2. The summed E-state index contributed by atoms with van der Waals surface area (Å²) >= 11 is 0. The molecular formula is C20H29N3O3. The number of hydrogen-bond donors (Lipinski definition) is 2. The molecule has 1 saturated carbocycles. The number of nitrogens with one attached hydrogen (secondary N) is 2. The van der Waals surface area contributed by atoms with Crippen LogP contribution in [0.15, 0.2) is 24.3 Å². The summed E-state index contributed by atoms with van der Waals surface area (Å²) in [6, 6.07) is 7.46. The third-order valence-corrected chi connectivity index (χ3v) is 5.00. The summed E-state index contributed by atoms with van der Waals surface area (Å²) in [4.78, 5) is 27.2. The first kappa shape index (κ1) is 18.9. The Bertz CT molecular complexity index is 633. The second-order valence-electron chi connectivity index (χ2n) is 7.50. The second-order valence-corrected chi connectivity index (χ2v) is 7.50. The Kier molecular flexibility index (Phi) is 6.27. The third-order valence-electron chi connectivity index (χ3n) is 5.00. The van der Waals surface area contributed by atoms with Crippen molar-refractivity contribution in [1.82, 2.24) is 10.2 Å². The lowest BCUT2D eigenvalue weighted by molar-refractivity contribution is -0.121. The second kappa shape index (κ2) is 8.64. The van der Waals surface area contributed by atoms with Gasteiger partial charge in [0.2, 0.25) is 5.91 Å². The molecule has 0 aromatic heterocycles. The van der Waals surface area contributed by atoms with Crippen molar-refractivity contribution in [3.8, 4) is 0 Å². The first-order chi connectivity index (χ1) is 12.5. The Balaban J connectivity index is 1.60. The van der Waals surface area contributed by atoms with E-state index in [-0.39, 0.29) is 30.1 Å². The molecule has 2 fully saturated rings. The molecule has 2 unspecified atom stereocenters. The largest absolute Gasteiger partial charge is 0.373 e. The van der Waals surface area contributed by atoms with E-state index in [0.717, 1.165) is 25.9 Å². The van der Waals surface area contributed by atoms with E-state index >= 15 is 0 Å². The van der Waals surface area contributed by atoms with Gasteiger partial charge in [-0.15, -0.1) is 0 Å². The molecule has 142 valence electrons. The van der Waals surface area contributed by atoms with Crippen LogP contribution in [0.3, 0.4) is 0 Å². The summed E-state index contributed by atoms with van der Waals surface area (Å²) in [6.45, 7) is 5.81. The van der Waals surface area contributed by atoms with E-state index in [4.69, 9.17) is 4.74 Å².